The minimum absolute atomic E-state index is 0.0242. The van der Waals surface area contributed by atoms with Crippen molar-refractivity contribution in [1.29, 1.82) is 0 Å². The molecule has 0 bridgehead atoms. The maximum Gasteiger partial charge on any atom is 0.338 e. The smallest absolute Gasteiger partial charge is 0.338 e. The summed E-state index contributed by atoms with van der Waals surface area (Å²) in [6.45, 7) is 0.690. The van der Waals surface area contributed by atoms with Crippen LogP contribution in [0.25, 0.3) is 17.0 Å². The fourth-order valence-corrected chi connectivity index (χ4v) is 3.83. The predicted octanol–water partition coefficient (Wildman–Crippen LogP) is 2.36. The SMILES string of the molecule is O=C(O)c1cnn(-c2nc3cnn(CCCC4CCCCC4)c3c(=O)[nH]2)c1. The number of hydrogen-bond acceptors (Lipinski definition) is 5. The van der Waals surface area contributed by atoms with Crippen LogP contribution in [0, 0.1) is 5.92 Å². The Kier molecular flexibility index (Phi) is 4.74. The molecule has 1 saturated carbocycles. The first kappa shape index (κ1) is 17.4. The fraction of sp³-hybridized carbons (Fsp3) is 0.500. The first-order chi connectivity index (χ1) is 13.1. The topological polar surface area (TPSA) is 119 Å². The highest BCUT2D eigenvalue weighted by Gasteiger charge is 2.15. The second-order valence-corrected chi connectivity index (χ2v) is 7.12. The summed E-state index contributed by atoms with van der Waals surface area (Å²) in [5.41, 5.74) is 0.625. The van der Waals surface area contributed by atoms with E-state index in [4.69, 9.17) is 5.11 Å². The molecule has 2 N–H and O–H groups in total. The van der Waals surface area contributed by atoms with Crippen LogP contribution in [0.15, 0.2) is 23.4 Å². The highest BCUT2D eigenvalue weighted by Crippen LogP contribution is 2.27. The number of carbonyl (C=O) groups is 1. The van der Waals surface area contributed by atoms with Crippen LogP contribution in [0.5, 0.6) is 0 Å². The van der Waals surface area contributed by atoms with Crippen molar-refractivity contribution in [3.8, 4) is 5.95 Å². The summed E-state index contributed by atoms with van der Waals surface area (Å²) < 4.78 is 2.95. The van der Waals surface area contributed by atoms with Gasteiger partial charge >= 0.3 is 5.97 Å². The lowest BCUT2D eigenvalue weighted by Gasteiger charge is -2.21. The maximum atomic E-state index is 12.5. The van der Waals surface area contributed by atoms with Gasteiger partial charge in [0.05, 0.1) is 18.0 Å². The number of rotatable bonds is 6. The minimum atomic E-state index is -1.09. The van der Waals surface area contributed by atoms with Crippen molar-refractivity contribution in [1.82, 2.24) is 29.5 Å². The first-order valence-corrected chi connectivity index (χ1v) is 9.36. The molecule has 27 heavy (non-hydrogen) atoms. The molecule has 9 heteroatoms. The molecule has 1 aliphatic rings. The molecule has 3 heterocycles. The number of H-pyrrole nitrogens is 1. The lowest BCUT2D eigenvalue weighted by molar-refractivity contribution is 0.0697. The molecule has 1 fully saturated rings. The van der Waals surface area contributed by atoms with Gasteiger partial charge in [0.2, 0.25) is 5.95 Å². The van der Waals surface area contributed by atoms with Crippen molar-refractivity contribution < 1.29 is 9.90 Å². The second-order valence-electron chi connectivity index (χ2n) is 7.12. The van der Waals surface area contributed by atoms with Crippen molar-refractivity contribution in [2.75, 3.05) is 0 Å². The maximum absolute atomic E-state index is 12.5. The lowest BCUT2D eigenvalue weighted by atomic mass is 9.86. The molecule has 142 valence electrons. The Morgan fingerprint density at radius 3 is 2.78 bits per heavy atom. The number of aromatic amines is 1. The molecule has 0 amide bonds. The average Bonchev–Trinajstić information content (AvgIpc) is 3.30. The first-order valence-electron chi connectivity index (χ1n) is 9.36. The van der Waals surface area contributed by atoms with Crippen LogP contribution < -0.4 is 5.56 Å². The molecule has 1 aliphatic carbocycles. The van der Waals surface area contributed by atoms with E-state index in [-0.39, 0.29) is 17.1 Å². The molecular formula is C18H22N6O3. The van der Waals surface area contributed by atoms with Crippen LogP contribution in [0.1, 0.15) is 55.3 Å². The van der Waals surface area contributed by atoms with Gasteiger partial charge in [-0.25, -0.2) is 14.5 Å². The van der Waals surface area contributed by atoms with Crippen molar-refractivity contribution in [2.45, 2.75) is 51.5 Å². The largest absolute Gasteiger partial charge is 0.478 e. The number of hydrogen-bond donors (Lipinski definition) is 2. The molecule has 0 aromatic carbocycles. The van der Waals surface area contributed by atoms with E-state index in [9.17, 15) is 9.59 Å². The van der Waals surface area contributed by atoms with Crippen LogP contribution in [0.2, 0.25) is 0 Å². The van der Waals surface area contributed by atoms with E-state index in [0.29, 0.717) is 17.6 Å². The fourth-order valence-electron chi connectivity index (χ4n) is 3.83. The Labute approximate surface area is 155 Å². The van der Waals surface area contributed by atoms with E-state index in [1.54, 1.807) is 10.9 Å². The van der Waals surface area contributed by atoms with E-state index in [1.807, 2.05) is 0 Å². The van der Waals surface area contributed by atoms with Crippen LogP contribution in [-0.4, -0.2) is 40.6 Å². The summed E-state index contributed by atoms with van der Waals surface area (Å²) in [5, 5.41) is 17.2. The van der Waals surface area contributed by atoms with Gasteiger partial charge in [-0.3, -0.25) is 14.5 Å². The third-order valence-corrected chi connectivity index (χ3v) is 5.24. The zero-order valence-electron chi connectivity index (χ0n) is 15.0. The van der Waals surface area contributed by atoms with Crippen LogP contribution in [0.3, 0.4) is 0 Å². The van der Waals surface area contributed by atoms with Crippen molar-refractivity contribution in [3.63, 3.8) is 0 Å². The molecule has 9 nitrogen and oxygen atoms in total. The van der Waals surface area contributed by atoms with Crippen molar-refractivity contribution in [2.24, 2.45) is 5.92 Å². The molecule has 3 aromatic rings. The van der Waals surface area contributed by atoms with E-state index in [2.05, 4.69) is 20.2 Å². The number of aryl methyl sites for hydroxylation is 1. The molecule has 0 radical (unpaired) electrons. The molecule has 0 spiro atoms. The lowest BCUT2D eigenvalue weighted by Crippen LogP contribution is -2.17. The standard InChI is InChI=1S/C18H22N6O3/c25-16-15-14(21-18(22-16)24-11-13(9-19-24)17(26)27)10-20-23(15)8-4-7-12-5-2-1-3-6-12/h9-12H,1-8H2,(H,26,27)(H,21,22,25). The van der Waals surface area contributed by atoms with Crippen LogP contribution >= 0.6 is 0 Å². The van der Waals surface area contributed by atoms with Gasteiger partial charge < -0.3 is 5.11 Å². The average molecular weight is 370 g/mol. The van der Waals surface area contributed by atoms with Gasteiger partial charge in [0.15, 0.2) is 5.52 Å². The van der Waals surface area contributed by atoms with Crippen molar-refractivity contribution in [3.05, 3.63) is 34.5 Å². The number of nitrogens with one attached hydrogen (secondary N) is 1. The second kappa shape index (κ2) is 7.34. The number of aromatic nitrogens is 6. The molecular weight excluding hydrogens is 348 g/mol. The molecule has 0 unspecified atom stereocenters. The monoisotopic (exact) mass is 370 g/mol. The summed E-state index contributed by atoms with van der Waals surface area (Å²) in [4.78, 5) is 30.6. The van der Waals surface area contributed by atoms with E-state index in [1.165, 1.54) is 49.2 Å². The van der Waals surface area contributed by atoms with Gasteiger partial charge in [0, 0.05) is 12.7 Å². The molecule has 0 atom stereocenters. The van der Waals surface area contributed by atoms with Gasteiger partial charge in [0.25, 0.3) is 5.56 Å². The predicted molar refractivity (Wildman–Crippen MR) is 98.0 cm³/mol. The Morgan fingerprint density at radius 2 is 2.04 bits per heavy atom. The Morgan fingerprint density at radius 1 is 1.22 bits per heavy atom. The summed E-state index contributed by atoms with van der Waals surface area (Å²) in [5.74, 6) is -0.121. The molecule has 4 rings (SSSR count). The van der Waals surface area contributed by atoms with Crippen LogP contribution in [-0.2, 0) is 6.54 Å². The van der Waals surface area contributed by atoms with Crippen molar-refractivity contribution >= 4 is 17.0 Å². The number of fused-ring (bicyclic) bond motifs is 1. The van der Waals surface area contributed by atoms with Gasteiger partial charge in [-0.15, -0.1) is 0 Å². The Hall–Kier alpha value is -2.97. The van der Waals surface area contributed by atoms with Crippen LogP contribution in [0.4, 0.5) is 0 Å². The number of aromatic carboxylic acids is 1. The number of carboxylic acid groups (broad SMARTS) is 1. The summed E-state index contributed by atoms with van der Waals surface area (Å²) in [7, 11) is 0. The Balaban J connectivity index is 1.52. The highest BCUT2D eigenvalue weighted by atomic mass is 16.4. The zero-order chi connectivity index (χ0) is 18.8. The van der Waals surface area contributed by atoms with E-state index >= 15 is 0 Å². The highest BCUT2D eigenvalue weighted by molar-refractivity contribution is 5.87. The summed E-state index contributed by atoms with van der Waals surface area (Å²) in [6.07, 6.45) is 12.9. The Bertz CT molecular complexity index is 1010. The third-order valence-electron chi connectivity index (χ3n) is 5.24. The normalized spacial score (nSPS) is 15.4. The summed E-state index contributed by atoms with van der Waals surface area (Å²) >= 11 is 0. The molecule has 0 saturated heterocycles. The summed E-state index contributed by atoms with van der Waals surface area (Å²) in [6, 6.07) is 0. The number of carboxylic acids is 1. The van der Waals surface area contributed by atoms with E-state index in [0.717, 1.165) is 18.8 Å². The zero-order valence-corrected chi connectivity index (χ0v) is 15.0. The minimum Gasteiger partial charge on any atom is -0.478 e. The molecule has 0 aliphatic heterocycles. The van der Waals surface area contributed by atoms with Gasteiger partial charge in [-0.1, -0.05) is 32.1 Å². The van der Waals surface area contributed by atoms with E-state index < -0.39 is 5.97 Å². The number of nitrogens with zero attached hydrogens (tertiary/aromatic N) is 5. The quantitative estimate of drug-likeness (QED) is 0.687. The third kappa shape index (κ3) is 3.62. The van der Waals surface area contributed by atoms with Gasteiger partial charge in [-0.2, -0.15) is 10.2 Å². The van der Waals surface area contributed by atoms with Gasteiger partial charge in [0.1, 0.15) is 5.52 Å². The molecule has 3 aromatic heterocycles. The van der Waals surface area contributed by atoms with Gasteiger partial charge in [-0.05, 0) is 18.8 Å².